The number of aromatic nitrogens is 2. The third-order valence-corrected chi connectivity index (χ3v) is 4.86. The molecule has 0 radical (unpaired) electrons. The Morgan fingerprint density at radius 1 is 1.26 bits per heavy atom. The second-order valence-electron chi connectivity index (χ2n) is 6.27. The fourth-order valence-corrected chi connectivity index (χ4v) is 3.36. The number of carbonyl (C=O) groups excluding carboxylic acids is 2. The van der Waals surface area contributed by atoms with Gasteiger partial charge < -0.3 is 14.6 Å². The standard InChI is InChI=1S/C20H27N3O3S/c1-5-10-14(3)18(24)21-17-16(19(25)26-6-2)23(20(22-17)27-4)13-15-11-8-7-9-12-15/h7-9,11-12,14H,5-6,10,13H2,1-4H3,(H,21,24). The summed E-state index contributed by atoms with van der Waals surface area (Å²) < 4.78 is 7.04. The Labute approximate surface area is 164 Å². The van der Waals surface area contributed by atoms with Crippen LogP contribution < -0.4 is 5.32 Å². The zero-order valence-corrected chi connectivity index (χ0v) is 17.1. The molecule has 2 rings (SSSR count). The number of imidazole rings is 1. The molecule has 1 amide bonds. The Hall–Kier alpha value is -2.28. The normalized spacial score (nSPS) is 11.9. The number of carbonyl (C=O) groups is 2. The number of nitrogens with one attached hydrogen (secondary N) is 1. The highest BCUT2D eigenvalue weighted by Gasteiger charge is 2.26. The fourth-order valence-electron chi connectivity index (χ4n) is 2.80. The van der Waals surface area contributed by atoms with E-state index >= 15 is 0 Å². The Morgan fingerprint density at radius 3 is 2.56 bits per heavy atom. The van der Waals surface area contributed by atoms with Crippen LogP contribution in [0.3, 0.4) is 0 Å². The van der Waals surface area contributed by atoms with E-state index in [2.05, 4.69) is 10.3 Å². The largest absolute Gasteiger partial charge is 0.461 e. The molecule has 0 saturated heterocycles. The number of hydrogen-bond donors (Lipinski definition) is 1. The minimum absolute atomic E-state index is 0.139. The van der Waals surface area contributed by atoms with Gasteiger partial charge >= 0.3 is 5.97 Å². The van der Waals surface area contributed by atoms with Gasteiger partial charge in [0.25, 0.3) is 0 Å². The summed E-state index contributed by atoms with van der Waals surface area (Å²) in [5, 5.41) is 3.48. The van der Waals surface area contributed by atoms with Gasteiger partial charge in [0.15, 0.2) is 16.7 Å². The Kier molecular flexibility index (Phi) is 7.91. The van der Waals surface area contributed by atoms with Crippen LogP contribution in [0, 0.1) is 5.92 Å². The molecule has 1 heterocycles. The van der Waals surface area contributed by atoms with Crippen LogP contribution in [0.2, 0.25) is 0 Å². The number of hydrogen-bond acceptors (Lipinski definition) is 5. The zero-order chi connectivity index (χ0) is 19.8. The van der Waals surface area contributed by atoms with Crippen molar-refractivity contribution >= 4 is 29.5 Å². The molecular formula is C20H27N3O3S. The summed E-state index contributed by atoms with van der Waals surface area (Å²) in [7, 11) is 0. The molecule has 7 heteroatoms. The SMILES string of the molecule is CCCC(C)C(=O)Nc1nc(SC)n(Cc2ccccc2)c1C(=O)OCC. The van der Waals surface area contributed by atoms with Crippen molar-refractivity contribution in [2.75, 3.05) is 18.2 Å². The van der Waals surface area contributed by atoms with Gasteiger partial charge in [-0.1, -0.05) is 62.4 Å². The number of esters is 1. The maximum atomic E-state index is 12.6. The van der Waals surface area contributed by atoms with Gasteiger partial charge in [-0.2, -0.15) is 0 Å². The van der Waals surface area contributed by atoms with Crippen LogP contribution in [0.25, 0.3) is 0 Å². The number of amides is 1. The van der Waals surface area contributed by atoms with Gasteiger partial charge in [-0.3, -0.25) is 4.79 Å². The third kappa shape index (κ3) is 5.35. The minimum Gasteiger partial charge on any atom is -0.461 e. The summed E-state index contributed by atoms with van der Waals surface area (Å²) in [5.74, 6) is -0.511. The second kappa shape index (κ2) is 10.2. The van der Waals surface area contributed by atoms with Gasteiger partial charge in [0.1, 0.15) is 0 Å². The molecule has 0 spiro atoms. The minimum atomic E-state index is -0.486. The number of ether oxygens (including phenoxy) is 1. The number of nitrogens with zero attached hydrogens (tertiary/aromatic N) is 2. The molecule has 1 N–H and O–H groups in total. The van der Waals surface area contributed by atoms with Crippen molar-refractivity contribution in [3.05, 3.63) is 41.6 Å². The molecule has 1 atom stereocenters. The molecular weight excluding hydrogens is 362 g/mol. The first-order chi connectivity index (χ1) is 13.0. The Morgan fingerprint density at radius 2 is 1.96 bits per heavy atom. The molecule has 1 aromatic heterocycles. The van der Waals surface area contributed by atoms with Crippen LogP contribution in [0.15, 0.2) is 35.5 Å². The van der Waals surface area contributed by atoms with Gasteiger partial charge in [-0.25, -0.2) is 9.78 Å². The van der Waals surface area contributed by atoms with E-state index in [0.717, 1.165) is 18.4 Å². The average Bonchev–Trinajstić information content (AvgIpc) is 3.00. The molecule has 0 aliphatic rings. The molecule has 2 aromatic rings. The van der Waals surface area contributed by atoms with Crippen molar-refractivity contribution in [3.8, 4) is 0 Å². The quantitative estimate of drug-likeness (QED) is 0.514. The maximum Gasteiger partial charge on any atom is 0.358 e. The molecule has 27 heavy (non-hydrogen) atoms. The van der Waals surface area contributed by atoms with E-state index in [4.69, 9.17) is 4.74 Å². The van der Waals surface area contributed by atoms with E-state index in [1.54, 1.807) is 11.5 Å². The van der Waals surface area contributed by atoms with Gasteiger partial charge in [-0.05, 0) is 25.2 Å². The maximum absolute atomic E-state index is 12.6. The molecule has 1 unspecified atom stereocenters. The van der Waals surface area contributed by atoms with Crippen molar-refractivity contribution in [2.45, 2.75) is 45.3 Å². The Balaban J connectivity index is 2.43. The molecule has 1 aromatic carbocycles. The molecule has 0 aliphatic carbocycles. The molecule has 0 saturated carbocycles. The molecule has 0 aliphatic heterocycles. The third-order valence-electron chi connectivity index (χ3n) is 4.18. The monoisotopic (exact) mass is 389 g/mol. The van der Waals surface area contributed by atoms with E-state index in [1.165, 1.54) is 11.8 Å². The van der Waals surface area contributed by atoms with E-state index < -0.39 is 5.97 Å². The molecule has 0 fully saturated rings. The van der Waals surface area contributed by atoms with Crippen molar-refractivity contribution in [1.82, 2.24) is 9.55 Å². The number of rotatable bonds is 9. The summed E-state index contributed by atoms with van der Waals surface area (Å²) in [6.45, 7) is 6.39. The second-order valence-corrected chi connectivity index (χ2v) is 7.04. The van der Waals surface area contributed by atoms with Gasteiger partial charge in [0.2, 0.25) is 5.91 Å². The highest BCUT2D eigenvalue weighted by Crippen LogP contribution is 2.26. The lowest BCUT2D eigenvalue weighted by Crippen LogP contribution is -2.23. The summed E-state index contributed by atoms with van der Waals surface area (Å²) in [6, 6.07) is 9.81. The zero-order valence-electron chi connectivity index (χ0n) is 16.3. The smallest absolute Gasteiger partial charge is 0.358 e. The van der Waals surface area contributed by atoms with E-state index in [0.29, 0.717) is 11.7 Å². The topological polar surface area (TPSA) is 73.2 Å². The van der Waals surface area contributed by atoms with Crippen molar-refractivity contribution in [3.63, 3.8) is 0 Å². The predicted octanol–water partition coefficient (Wildman–Crippen LogP) is 4.20. The summed E-state index contributed by atoms with van der Waals surface area (Å²) in [5.41, 5.74) is 1.31. The predicted molar refractivity (Wildman–Crippen MR) is 108 cm³/mol. The Bertz CT molecular complexity index is 774. The van der Waals surface area contributed by atoms with Crippen LogP contribution >= 0.6 is 11.8 Å². The van der Waals surface area contributed by atoms with Crippen molar-refractivity contribution in [2.24, 2.45) is 5.92 Å². The summed E-state index contributed by atoms with van der Waals surface area (Å²) >= 11 is 1.42. The van der Waals surface area contributed by atoms with Crippen LogP contribution in [-0.2, 0) is 16.1 Å². The number of thioether (sulfide) groups is 1. The summed E-state index contributed by atoms with van der Waals surface area (Å²) in [4.78, 5) is 29.6. The molecule has 0 bridgehead atoms. The van der Waals surface area contributed by atoms with Gasteiger partial charge in [0, 0.05) is 5.92 Å². The van der Waals surface area contributed by atoms with Crippen molar-refractivity contribution in [1.29, 1.82) is 0 Å². The van der Waals surface area contributed by atoms with Crippen LogP contribution in [0.1, 0.15) is 49.7 Å². The van der Waals surface area contributed by atoms with E-state index in [9.17, 15) is 9.59 Å². The first kappa shape index (κ1) is 21.0. The first-order valence-electron chi connectivity index (χ1n) is 9.18. The van der Waals surface area contributed by atoms with Crippen LogP contribution in [0.4, 0.5) is 5.82 Å². The number of anilines is 1. The lowest BCUT2D eigenvalue weighted by molar-refractivity contribution is -0.119. The lowest BCUT2D eigenvalue weighted by Gasteiger charge is -2.13. The van der Waals surface area contributed by atoms with Crippen LogP contribution in [-0.4, -0.2) is 34.3 Å². The van der Waals surface area contributed by atoms with Gasteiger partial charge in [-0.15, -0.1) is 0 Å². The van der Waals surface area contributed by atoms with E-state index in [1.807, 2.05) is 50.4 Å². The first-order valence-corrected chi connectivity index (χ1v) is 10.4. The fraction of sp³-hybridized carbons (Fsp3) is 0.450. The lowest BCUT2D eigenvalue weighted by atomic mass is 10.1. The molecule has 6 nitrogen and oxygen atoms in total. The highest BCUT2D eigenvalue weighted by atomic mass is 32.2. The average molecular weight is 390 g/mol. The molecule has 146 valence electrons. The van der Waals surface area contributed by atoms with Crippen LogP contribution in [0.5, 0.6) is 0 Å². The van der Waals surface area contributed by atoms with E-state index in [-0.39, 0.29) is 29.9 Å². The summed E-state index contributed by atoms with van der Waals surface area (Å²) in [6.07, 6.45) is 3.59. The van der Waals surface area contributed by atoms with Gasteiger partial charge in [0.05, 0.1) is 13.2 Å². The highest BCUT2D eigenvalue weighted by molar-refractivity contribution is 7.98. The van der Waals surface area contributed by atoms with Crippen molar-refractivity contribution < 1.29 is 14.3 Å². The number of benzene rings is 1.